The molecular formula is C18H23FIN3S. The first-order valence-corrected chi connectivity index (χ1v) is 8.83. The second-order valence-electron chi connectivity index (χ2n) is 5.03. The lowest BCUT2D eigenvalue weighted by Crippen LogP contribution is -2.36. The first-order chi connectivity index (χ1) is 11.2. The van der Waals surface area contributed by atoms with Gasteiger partial charge in [0.2, 0.25) is 0 Å². The molecular weight excluding hydrogens is 436 g/mol. The van der Waals surface area contributed by atoms with Gasteiger partial charge in [0.1, 0.15) is 5.82 Å². The van der Waals surface area contributed by atoms with Crippen molar-refractivity contribution >= 4 is 41.7 Å². The van der Waals surface area contributed by atoms with Gasteiger partial charge >= 0.3 is 0 Å². The average Bonchev–Trinajstić information content (AvgIpc) is 2.58. The van der Waals surface area contributed by atoms with Crippen LogP contribution in [0.3, 0.4) is 0 Å². The van der Waals surface area contributed by atoms with Crippen LogP contribution in [0.2, 0.25) is 0 Å². The number of halogens is 2. The van der Waals surface area contributed by atoms with Crippen molar-refractivity contribution in [1.82, 2.24) is 10.6 Å². The molecule has 0 radical (unpaired) electrons. The standard InChI is InChI=1S/C18H22FN3S.HI/c1-3-20-18(22-13-15-5-4-6-16(19)11-15)21-12-14-7-9-17(23-2)10-8-14;/h4-11H,3,12-13H2,1-2H3,(H2,20,21,22);1H. The van der Waals surface area contributed by atoms with Gasteiger partial charge in [-0.15, -0.1) is 35.7 Å². The van der Waals surface area contributed by atoms with Gasteiger partial charge in [0.15, 0.2) is 5.96 Å². The van der Waals surface area contributed by atoms with Crippen LogP contribution < -0.4 is 10.6 Å². The predicted molar refractivity (Wildman–Crippen MR) is 112 cm³/mol. The van der Waals surface area contributed by atoms with Gasteiger partial charge in [0.25, 0.3) is 0 Å². The van der Waals surface area contributed by atoms with Gasteiger partial charge in [-0.2, -0.15) is 0 Å². The minimum absolute atomic E-state index is 0. The van der Waals surface area contributed by atoms with E-state index in [9.17, 15) is 4.39 Å². The normalized spacial score (nSPS) is 10.9. The van der Waals surface area contributed by atoms with E-state index in [1.807, 2.05) is 13.0 Å². The highest BCUT2D eigenvalue weighted by Gasteiger charge is 2.00. The third-order valence-electron chi connectivity index (χ3n) is 3.27. The maximum Gasteiger partial charge on any atom is 0.191 e. The molecule has 0 aromatic heterocycles. The molecule has 2 N–H and O–H groups in total. The fraction of sp³-hybridized carbons (Fsp3) is 0.278. The Morgan fingerprint density at radius 1 is 1.08 bits per heavy atom. The van der Waals surface area contributed by atoms with Crippen LogP contribution in [0.5, 0.6) is 0 Å². The number of rotatable bonds is 6. The second-order valence-corrected chi connectivity index (χ2v) is 5.91. The topological polar surface area (TPSA) is 36.4 Å². The van der Waals surface area contributed by atoms with Gasteiger partial charge in [0, 0.05) is 18.0 Å². The van der Waals surface area contributed by atoms with E-state index in [0.717, 1.165) is 18.1 Å². The lowest BCUT2D eigenvalue weighted by molar-refractivity contribution is 0.625. The SMILES string of the molecule is CCNC(=NCc1cccc(F)c1)NCc1ccc(SC)cc1.I. The first-order valence-electron chi connectivity index (χ1n) is 7.61. The third kappa shape index (κ3) is 7.09. The zero-order valence-corrected chi connectivity index (χ0v) is 17.0. The maximum atomic E-state index is 13.2. The average molecular weight is 459 g/mol. The summed E-state index contributed by atoms with van der Waals surface area (Å²) in [6.45, 7) is 3.94. The van der Waals surface area contributed by atoms with E-state index in [1.165, 1.54) is 22.6 Å². The Labute approximate surface area is 164 Å². The molecule has 6 heteroatoms. The molecule has 2 rings (SSSR count). The Bertz CT molecular complexity index is 647. The Balaban J connectivity index is 0.00000288. The Hall–Kier alpha value is -1.28. The van der Waals surface area contributed by atoms with Gasteiger partial charge in [-0.25, -0.2) is 9.38 Å². The molecule has 0 spiro atoms. The van der Waals surface area contributed by atoms with Crippen molar-refractivity contribution in [2.75, 3.05) is 12.8 Å². The minimum Gasteiger partial charge on any atom is -0.357 e. The smallest absolute Gasteiger partial charge is 0.191 e. The number of aliphatic imine (C=N–C) groups is 1. The van der Waals surface area contributed by atoms with E-state index in [1.54, 1.807) is 17.8 Å². The molecule has 0 amide bonds. The molecule has 0 unspecified atom stereocenters. The summed E-state index contributed by atoms with van der Waals surface area (Å²) in [6, 6.07) is 15.0. The summed E-state index contributed by atoms with van der Waals surface area (Å²) >= 11 is 1.73. The van der Waals surface area contributed by atoms with Crippen molar-refractivity contribution in [3.05, 3.63) is 65.5 Å². The summed E-state index contributed by atoms with van der Waals surface area (Å²) < 4.78 is 13.2. The highest BCUT2D eigenvalue weighted by molar-refractivity contribution is 14.0. The largest absolute Gasteiger partial charge is 0.357 e. The van der Waals surface area contributed by atoms with Crippen LogP contribution in [0.25, 0.3) is 0 Å². The highest BCUT2D eigenvalue weighted by atomic mass is 127. The molecule has 0 aliphatic carbocycles. The molecule has 24 heavy (non-hydrogen) atoms. The summed E-state index contributed by atoms with van der Waals surface area (Å²) in [6.07, 6.45) is 2.07. The molecule has 2 aromatic rings. The number of hydrogen-bond acceptors (Lipinski definition) is 2. The zero-order chi connectivity index (χ0) is 16.5. The Morgan fingerprint density at radius 3 is 2.46 bits per heavy atom. The predicted octanol–water partition coefficient (Wildman–Crippen LogP) is 4.42. The molecule has 0 saturated heterocycles. The van der Waals surface area contributed by atoms with Crippen molar-refractivity contribution in [2.45, 2.75) is 24.9 Å². The van der Waals surface area contributed by atoms with E-state index in [2.05, 4.69) is 46.1 Å². The van der Waals surface area contributed by atoms with Crippen molar-refractivity contribution in [1.29, 1.82) is 0 Å². The number of hydrogen-bond donors (Lipinski definition) is 2. The lowest BCUT2D eigenvalue weighted by Gasteiger charge is -2.11. The van der Waals surface area contributed by atoms with E-state index in [-0.39, 0.29) is 29.8 Å². The maximum absolute atomic E-state index is 13.2. The molecule has 0 saturated carbocycles. The Morgan fingerprint density at radius 2 is 1.83 bits per heavy atom. The van der Waals surface area contributed by atoms with Crippen LogP contribution in [-0.4, -0.2) is 18.8 Å². The molecule has 0 aliphatic rings. The number of nitrogens with one attached hydrogen (secondary N) is 2. The van der Waals surface area contributed by atoms with Gasteiger partial charge in [0.05, 0.1) is 6.54 Å². The van der Waals surface area contributed by atoms with Crippen LogP contribution in [0.4, 0.5) is 4.39 Å². The number of thioether (sulfide) groups is 1. The van der Waals surface area contributed by atoms with Crippen LogP contribution in [0.15, 0.2) is 58.4 Å². The van der Waals surface area contributed by atoms with Crippen molar-refractivity contribution in [3.63, 3.8) is 0 Å². The van der Waals surface area contributed by atoms with Gasteiger partial charge in [-0.1, -0.05) is 24.3 Å². The fourth-order valence-corrected chi connectivity index (χ4v) is 2.48. The van der Waals surface area contributed by atoms with Crippen LogP contribution in [0, 0.1) is 5.82 Å². The summed E-state index contributed by atoms with van der Waals surface area (Å²) in [5, 5.41) is 6.50. The molecule has 0 heterocycles. The molecule has 0 atom stereocenters. The summed E-state index contributed by atoms with van der Waals surface area (Å²) in [5.41, 5.74) is 2.05. The minimum atomic E-state index is -0.232. The molecule has 130 valence electrons. The molecule has 0 aliphatic heterocycles. The van der Waals surface area contributed by atoms with Crippen LogP contribution in [0.1, 0.15) is 18.1 Å². The summed E-state index contributed by atoms with van der Waals surface area (Å²) in [7, 11) is 0. The van der Waals surface area contributed by atoms with E-state index in [0.29, 0.717) is 13.1 Å². The first kappa shape index (κ1) is 20.8. The van der Waals surface area contributed by atoms with Crippen molar-refractivity contribution in [2.24, 2.45) is 4.99 Å². The molecule has 2 aromatic carbocycles. The monoisotopic (exact) mass is 459 g/mol. The summed E-state index contributed by atoms with van der Waals surface area (Å²) in [4.78, 5) is 5.75. The van der Waals surface area contributed by atoms with Crippen LogP contribution in [-0.2, 0) is 13.1 Å². The van der Waals surface area contributed by atoms with Crippen molar-refractivity contribution < 1.29 is 4.39 Å². The molecule has 0 fully saturated rings. The van der Waals surface area contributed by atoms with E-state index < -0.39 is 0 Å². The lowest BCUT2D eigenvalue weighted by atomic mass is 10.2. The van der Waals surface area contributed by atoms with E-state index >= 15 is 0 Å². The van der Waals surface area contributed by atoms with Gasteiger partial charge < -0.3 is 10.6 Å². The zero-order valence-electron chi connectivity index (χ0n) is 13.9. The second kappa shape index (κ2) is 11.3. The fourth-order valence-electron chi connectivity index (χ4n) is 2.08. The highest BCUT2D eigenvalue weighted by Crippen LogP contribution is 2.14. The van der Waals surface area contributed by atoms with Crippen molar-refractivity contribution in [3.8, 4) is 0 Å². The number of benzene rings is 2. The van der Waals surface area contributed by atoms with Crippen LogP contribution >= 0.6 is 35.7 Å². The molecule has 3 nitrogen and oxygen atoms in total. The number of nitrogens with zero attached hydrogens (tertiary/aromatic N) is 1. The Kier molecular flexibility index (Phi) is 9.78. The quantitative estimate of drug-likeness (QED) is 0.291. The molecule has 0 bridgehead atoms. The van der Waals surface area contributed by atoms with Gasteiger partial charge in [-0.05, 0) is 48.6 Å². The number of guanidine groups is 1. The van der Waals surface area contributed by atoms with E-state index in [4.69, 9.17) is 0 Å². The van der Waals surface area contributed by atoms with Gasteiger partial charge in [-0.3, -0.25) is 0 Å². The third-order valence-corrected chi connectivity index (χ3v) is 4.02. The summed E-state index contributed by atoms with van der Waals surface area (Å²) in [5.74, 6) is 0.496.